The molecule has 0 aliphatic heterocycles. The van der Waals surface area contributed by atoms with Crippen LogP contribution in [0.15, 0.2) is 89.9 Å². The Hall–Kier alpha value is -3.26. The minimum atomic E-state index is -1.06. The lowest BCUT2D eigenvalue weighted by molar-refractivity contribution is -0.384. The molecule has 0 aliphatic carbocycles. The first kappa shape index (κ1) is 25.4. The monoisotopic (exact) mass is 523 g/mol. The Bertz CT molecular complexity index is 1160. The fourth-order valence-electron chi connectivity index (χ4n) is 3.79. The maximum atomic E-state index is 10.9. The molecule has 0 bridgehead atoms. The molecule has 0 saturated heterocycles. The number of aromatic hydroxyl groups is 1. The highest BCUT2D eigenvalue weighted by Gasteiger charge is 2.26. The zero-order valence-electron chi connectivity index (χ0n) is 18.4. The number of halogens is 1. The van der Waals surface area contributed by atoms with Crippen LogP contribution in [0.1, 0.15) is 35.6 Å². The quantitative estimate of drug-likeness (QED) is 0.125. The van der Waals surface area contributed by atoms with Gasteiger partial charge in [0.05, 0.1) is 17.1 Å². The average molecular weight is 524 g/mol. The fraction of sp³-hybridized carbons (Fsp3) is 0.185. The van der Waals surface area contributed by atoms with E-state index in [-0.39, 0.29) is 11.4 Å². The minimum Gasteiger partial charge on any atom is -0.507 e. The van der Waals surface area contributed by atoms with Gasteiger partial charge in [0, 0.05) is 28.1 Å². The van der Waals surface area contributed by atoms with E-state index in [9.17, 15) is 25.4 Å². The largest absolute Gasteiger partial charge is 0.507 e. The number of nitro benzene ring substituents is 1. The molecule has 0 radical (unpaired) electrons. The van der Waals surface area contributed by atoms with Crippen LogP contribution in [0.5, 0.6) is 5.75 Å². The minimum absolute atomic E-state index is 0.0694. The molecule has 0 aromatic heterocycles. The van der Waals surface area contributed by atoms with Crippen molar-refractivity contribution in [2.24, 2.45) is 5.92 Å². The summed E-state index contributed by atoms with van der Waals surface area (Å²) < 4.78 is 0.835. The Labute approximate surface area is 206 Å². The first-order chi connectivity index (χ1) is 16.3. The molecule has 3 rings (SSSR count). The summed E-state index contributed by atoms with van der Waals surface area (Å²) >= 11 is 3.43. The predicted octanol–water partition coefficient (Wildman–Crippen LogP) is 6.28. The first-order valence-corrected chi connectivity index (χ1v) is 11.6. The van der Waals surface area contributed by atoms with Gasteiger partial charge in [-0.1, -0.05) is 52.3 Å². The van der Waals surface area contributed by atoms with Crippen LogP contribution >= 0.6 is 15.9 Å². The third-order valence-electron chi connectivity index (χ3n) is 5.70. The van der Waals surface area contributed by atoms with Gasteiger partial charge in [-0.3, -0.25) is 10.1 Å². The van der Waals surface area contributed by atoms with Crippen molar-refractivity contribution in [2.75, 3.05) is 0 Å². The van der Waals surface area contributed by atoms with Crippen molar-refractivity contribution in [2.45, 2.75) is 25.0 Å². The van der Waals surface area contributed by atoms with Gasteiger partial charge in [-0.25, -0.2) is 0 Å². The fourth-order valence-corrected chi connectivity index (χ4v) is 4.17. The summed E-state index contributed by atoms with van der Waals surface area (Å²) in [4.78, 5) is 10.4. The Balaban J connectivity index is 1.80. The van der Waals surface area contributed by atoms with Crippen LogP contribution < -0.4 is 0 Å². The van der Waals surface area contributed by atoms with E-state index in [1.807, 2.05) is 42.5 Å². The van der Waals surface area contributed by atoms with Gasteiger partial charge in [-0.15, -0.1) is 6.58 Å². The van der Waals surface area contributed by atoms with E-state index in [0.717, 1.165) is 15.6 Å². The summed E-state index contributed by atoms with van der Waals surface area (Å²) in [7, 11) is 0. The molecule has 3 aromatic rings. The molecule has 0 aliphatic rings. The van der Waals surface area contributed by atoms with Crippen molar-refractivity contribution in [1.82, 2.24) is 0 Å². The summed E-state index contributed by atoms with van der Waals surface area (Å²) in [6, 6.07) is 20.5. The highest BCUT2D eigenvalue weighted by molar-refractivity contribution is 9.10. The van der Waals surface area contributed by atoms with Crippen LogP contribution in [0.2, 0.25) is 0 Å². The molecule has 34 heavy (non-hydrogen) atoms. The number of benzene rings is 3. The van der Waals surface area contributed by atoms with Gasteiger partial charge in [0.15, 0.2) is 0 Å². The van der Waals surface area contributed by atoms with Gasteiger partial charge in [0.25, 0.3) is 5.69 Å². The highest BCUT2D eigenvalue weighted by Crippen LogP contribution is 2.33. The molecule has 3 aromatic carbocycles. The summed E-state index contributed by atoms with van der Waals surface area (Å²) in [5.74, 6) is -0.521. The van der Waals surface area contributed by atoms with Crippen molar-refractivity contribution in [3.8, 4) is 5.75 Å². The molecule has 0 spiro atoms. The van der Waals surface area contributed by atoms with Gasteiger partial charge in [0.1, 0.15) is 5.75 Å². The third-order valence-corrected chi connectivity index (χ3v) is 6.19. The standard InChI is InChI=1S/C27H26BrNO5/c1-2-24(27(32)19-8-12-23(13-9-19)29(33)34)26(31)14-10-20(18-6-4-3-5-7-18)16-21-17-22(28)11-15-25(21)30/h2-9,11-13,15-17,24,26-27,30-32H,1,10,14H2/b20-16-/t24-,26-,27-/m1/s1. The lowest BCUT2D eigenvalue weighted by Crippen LogP contribution is -2.25. The molecule has 3 atom stereocenters. The second-order valence-corrected chi connectivity index (χ2v) is 8.87. The summed E-state index contributed by atoms with van der Waals surface area (Å²) in [5, 5.41) is 42.9. The van der Waals surface area contributed by atoms with E-state index >= 15 is 0 Å². The summed E-state index contributed by atoms with van der Waals surface area (Å²) in [5.41, 5.74) is 2.92. The number of phenolic OH excluding ortho intramolecular Hbond substituents is 1. The Kier molecular flexibility index (Phi) is 8.76. The van der Waals surface area contributed by atoms with E-state index in [1.165, 1.54) is 30.3 Å². The average Bonchev–Trinajstić information content (AvgIpc) is 2.84. The second-order valence-electron chi connectivity index (χ2n) is 7.95. The number of allylic oxidation sites excluding steroid dienone is 1. The number of rotatable bonds is 10. The third kappa shape index (κ3) is 6.41. The number of nitro groups is 1. The molecule has 0 saturated carbocycles. The van der Waals surface area contributed by atoms with E-state index in [4.69, 9.17) is 0 Å². The normalized spacial score (nSPS) is 14.3. The number of hydrogen-bond acceptors (Lipinski definition) is 5. The van der Waals surface area contributed by atoms with Crippen molar-refractivity contribution in [3.05, 3.63) is 117 Å². The molecule has 0 amide bonds. The first-order valence-electron chi connectivity index (χ1n) is 10.8. The van der Waals surface area contributed by atoms with Crippen LogP contribution in [0.4, 0.5) is 5.69 Å². The lowest BCUT2D eigenvalue weighted by Gasteiger charge is -2.25. The molecule has 0 fully saturated rings. The molecular weight excluding hydrogens is 498 g/mol. The molecular formula is C27H26BrNO5. The number of aliphatic hydroxyl groups is 2. The predicted molar refractivity (Wildman–Crippen MR) is 137 cm³/mol. The van der Waals surface area contributed by atoms with Crippen LogP contribution in [-0.4, -0.2) is 26.3 Å². The Morgan fingerprint density at radius 2 is 1.74 bits per heavy atom. The number of aliphatic hydroxyl groups excluding tert-OH is 2. The van der Waals surface area contributed by atoms with Gasteiger partial charge in [0.2, 0.25) is 0 Å². The Morgan fingerprint density at radius 3 is 2.35 bits per heavy atom. The van der Waals surface area contributed by atoms with Crippen molar-refractivity contribution < 1.29 is 20.2 Å². The van der Waals surface area contributed by atoms with Gasteiger partial charge in [-0.2, -0.15) is 0 Å². The van der Waals surface area contributed by atoms with Crippen molar-refractivity contribution >= 4 is 33.3 Å². The van der Waals surface area contributed by atoms with Crippen LogP contribution in [-0.2, 0) is 0 Å². The number of nitrogens with zero attached hydrogens (tertiary/aromatic N) is 1. The Morgan fingerprint density at radius 1 is 1.06 bits per heavy atom. The zero-order chi connectivity index (χ0) is 24.7. The highest BCUT2D eigenvalue weighted by atomic mass is 79.9. The summed E-state index contributed by atoms with van der Waals surface area (Å²) in [6.07, 6.45) is 2.23. The van der Waals surface area contributed by atoms with E-state index in [1.54, 1.807) is 12.1 Å². The van der Waals surface area contributed by atoms with Crippen LogP contribution in [0.25, 0.3) is 11.6 Å². The summed E-state index contributed by atoms with van der Waals surface area (Å²) in [6.45, 7) is 3.77. The topological polar surface area (TPSA) is 104 Å². The van der Waals surface area contributed by atoms with Gasteiger partial charge >= 0.3 is 0 Å². The maximum Gasteiger partial charge on any atom is 0.269 e. The van der Waals surface area contributed by atoms with Gasteiger partial charge in [-0.05, 0) is 65.9 Å². The second kappa shape index (κ2) is 11.7. The van der Waals surface area contributed by atoms with E-state index in [0.29, 0.717) is 24.0 Å². The molecule has 176 valence electrons. The van der Waals surface area contributed by atoms with E-state index < -0.39 is 23.0 Å². The molecule has 0 heterocycles. The molecule has 6 nitrogen and oxygen atoms in total. The zero-order valence-corrected chi connectivity index (χ0v) is 20.0. The maximum absolute atomic E-state index is 10.9. The smallest absolute Gasteiger partial charge is 0.269 e. The number of hydrogen-bond donors (Lipinski definition) is 3. The van der Waals surface area contributed by atoms with Crippen LogP contribution in [0, 0.1) is 16.0 Å². The van der Waals surface area contributed by atoms with Crippen molar-refractivity contribution in [1.29, 1.82) is 0 Å². The van der Waals surface area contributed by atoms with Crippen LogP contribution in [0.3, 0.4) is 0 Å². The van der Waals surface area contributed by atoms with Gasteiger partial charge < -0.3 is 15.3 Å². The number of phenols is 1. The number of non-ortho nitro benzene ring substituents is 1. The van der Waals surface area contributed by atoms with Crippen molar-refractivity contribution in [3.63, 3.8) is 0 Å². The SMILES string of the molecule is C=C[C@H]([C@H](O)CC/C(=C/c1cc(Br)ccc1O)c1ccccc1)[C@H](O)c1ccc([N+](=O)[O-])cc1. The molecule has 0 unspecified atom stereocenters. The molecule has 7 heteroatoms. The van der Waals surface area contributed by atoms with E-state index in [2.05, 4.69) is 22.5 Å². The molecule has 3 N–H and O–H groups in total. The lowest BCUT2D eigenvalue weighted by atomic mass is 9.87.